The average molecular weight is 408 g/mol. The fourth-order valence-corrected chi connectivity index (χ4v) is 3.05. The van der Waals surface area contributed by atoms with E-state index < -0.39 is 0 Å². The zero-order valence-corrected chi connectivity index (χ0v) is 15.0. The van der Waals surface area contributed by atoms with Crippen LogP contribution in [0, 0.1) is 5.92 Å². The van der Waals surface area contributed by atoms with E-state index in [4.69, 9.17) is 4.42 Å². The minimum Gasteiger partial charge on any atom is -0.452 e. The van der Waals surface area contributed by atoms with Crippen molar-refractivity contribution in [3.05, 3.63) is 21.0 Å². The molecule has 112 valence electrons. The highest BCUT2D eigenvalue weighted by atomic mass is 79.9. The van der Waals surface area contributed by atoms with Gasteiger partial charge >= 0.3 is 0 Å². The van der Waals surface area contributed by atoms with Crippen LogP contribution in [0.15, 0.2) is 19.6 Å². The van der Waals surface area contributed by atoms with Gasteiger partial charge in [-0.2, -0.15) is 0 Å². The van der Waals surface area contributed by atoms with Crippen LogP contribution in [0.25, 0.3) is 0 Å². The topological polar surface area (TPSA) is 45.5 Å². The zero-order chi connectivity index (χ0) is 14.7. The summed E-state index contributed by atoms with van der Waals surface area (Å²) in [5.74, 6) is 1.27. The van der Waals surface area contributed by atoms with Gasteiger partial charge < -0.3 is 14.6 Å². The lowest BCUT2D eigenvalue weighted by molar-refractivity contribution is -0.135. The molecule has 6 heteroatoms. The summed E-state index contributed by atoms with van der Waals surface area (Å²) in [5, 5.41) is 3.49. The number of hydrogen-bond donors (Lipinski definition) is 1. The molecule has 1 aliphatic heterocycles. The first kappa shape index (κ1) is 16.0. The van der Waals surface area contributed by atoms with Gasteiger partial charge in [-0.15, -0.1) is 0 Å². The Bertz CT molecular complexity index is 446. The Balaban J connectivity index is 1.76. The summed E-state index contributed by atoms with van der Waals surface area (Å²) in [5.41, 5.74) is 0. The van der Waals surface area contributed by atoms with Gasteiger partial charge in [0.2, 0.25) is 5.91 Å². The van der Waals surface area contributed by atoms with Gasteiger partial charge in [0.1, 0.15) is 5.76 Å². The molecular weight excluding hydrogens is 388 g/mol. The van der Waals surface area contributed by atoms with Crippen LogP contribution in [-0.4, -0.2) is 29.9 Å². The molecular formula is C14H20Br2N2O2. The maximum absolute atomic E-state index is 11.9. The smallest absolute Gasteiger partial charge is 0.225 e. The Kier molecular flexibility index (Phi) is 5.69. The van der Waals surface area contributed by atoms with E-state index in [1.807, 2.05) is 24.8 Å². The molecule has 2 rings (SSSR count). The van der Waals surface area contributed by atoms with E-state index in [2.05, 4.69) is 37.2 Å². The van der Waals surface area contributed by atoms with E-state index in [1.165, 1.54) is 0 Å². The first-order valence-electron chi connectivity index (χ1n) is 6.93. The van der Waals surface area contributed by atoms with E-state index in [9.17, 15) is 4.79 Å². The van der Waals surface area contributed by atoms with Crippen molar-refractivity contribution in [3.8, 4) is 0 Å². The highest BCUT2D eigenvalue weighted by Gasteiger charge is 2.24. The summed E-state index contributed by atoms with van der Waals surface area (Å²) in [6.07, 6.45) is 2.00. The fraction of sp³-hybridized carbons (Fsp3) is 0.643. The highest BCUT2D eigenvalue weighted by Crippen LogP contribution is 2.26. The SMILES string of the molecule is CC(C)C(=O)N1CCC(NCc2cc(Br)c(Br)o2)CC1. The molecule has 1 aliphatic rings. The fourth-order valence-electron chi connectivity index (χ4n) is 2.39. The molecule has 1 saturated heterocycles. The van der Waals surface area contributed by atoms with Gasteiger partial charge in [-0.3, -0.25) is 4.79 Å². The summed E-state index contributed by atoms with van der Waals surface area (Å²) >= 11 is 6.74. The maximum Gasteiger partial charge on any atom is 0.225 e. The van der Waals surface area contributed by atoms with E-state index in [1.54, 1.807) is 0 Å². The molecule has 0 aromatic carbocycles. The first-order valence-corrected chi connectivity index (χ1v) is 8.52. The Morgan fingerprint density at radius 2 is 2.10 bits per heavy atom. The molecule has 1 aromatic heterocycles. The van der Waals surface area contributed by atoms with Crippen LogP contribution < -0.4 is 5.32 Å². The van der Waals surface area contributed by atoms with Crippen molar-refractivity contribution in [2.24, 2.45) is 5.92 Å². The van der Waals surface area contributed by atoms with Gasteiger partial charge in [-0.25, -0.2) is 0 Å². The van der Waals surface area contributed by atoms with Crippen molar-refractivity contribution in [2.75, 3.05) is 13.1 Å². The molecule has 0 radical (unpaired) electrons. The number of piperidine rings is 1. The second-order valence-electron chi connectivity index (χ2n) is 5.47. The molecule has 1 fully saturated rings. The van der Waals surface area contributed by atoms with Gasteiger partial charge in [0.25, 0.3) is 0 Å². The predicted molar refractivity (Wildman–Crippen MR) is 85.4 cm³/mol. The lowest BCUT2D eigenvalue weighted by Crippen LogP contribution is -2.45. The molecule has 0 atom stereocenters. The molecule has 1 aromatic rings. The summed E-state index contributed by atoms with van der Waals surface area (Å²) in [7, 11) is 0. The number of carbonyl (C=O) groups excluding carboxylic acids is 1. The molecule has 20 heavy (non-hydrogen) atoms. The standard InChI is InChI=1S/C14H20Br2N2O2/c1-9(2)14(19)18-5-3-10(4-6-18)17-8-11-7-12(15)13(16)20-11/h7,9-10,17H,3-6,8H2,1-2H3. The molecule has 0 saturated carbocycles. The third-order valence-electron chi connectivity index (χ3n) is 3.56. The minimum absolute atomic E-state index is 0.0947. The van der Waals surface area contributed by atoms with Gasteiger partial charge in [0.05, 0.1) is 11.0 Å². The van der Waals surface area contributed by atoms with Crippen molar-refractivity contribution in [1.29, 1.82) is 0 Å². The minimum atomic E-state index is 0.0947. The summed E-state index contributed by atoms with van der Waals surface area (Å²) in [6, 6.07) is 2.42. The largest absolute Gasteiger partial charge is 0.452 e. The second kappa shape index (κ2) is 7.09. The number of halogens is 2. The Labute approximate surface area is 136 Å². The number of rotatable bonds is 4. The maximum atomic E-state index is 11.9. The highest BCUT2D eigenvalue weighted by molar-refractivity contribution is 9.13. The Morgan fingerprint density at radius 1 is 1.45 bits per heavy atom. The van der Waals surface area contributed by atoms with Crippen molar-refractivity contribution in [3.63, 3.8) is 0 Å². The monoisotopic (exact) mass is 406 g/mol. The number of hydrogen-bond acceptors (Lipinski definition) is 3. The molecule has 1 N–H and O–H groups in total. The van der Waals surface area contributed by atoms with Crippen LogP contribution in [0.2, 0.25) is 0 Å². The summed E-state index contributed by atoms with van der Waals surface area (Å²) in [4.78, 5) is 13.9. The number of nitrogens with zero attached hydrogens (tertiary/aromatic N) is 1. The van der Waals surface area contributed by atoms with Crippen LogP contribution in [0.1, 0.15) is 32.4 Å². The van der Waals surface area contributed by atoms with Crippen LogP contribution in [0.4, 0.5) is 0 Å². The third kappa shape index (κ3) is 4.09. The van der Waals surface area contributed by atoms with E-state index in [0.717, 1.165) is 40.8 Å². The predicted octanol–water partition coefficient (Wildman–Crippen LogP) is 3.54. The van der Waals surface area contributed by atoms with E-state index >= 15 is 0 Å². The van der Waals surface area contributed by atoms with Gasteiger partial charge in [-0.1, -0.05) is 13.8 Å². The van der Waals surface area contributed by atoms with Crippen molar-refractivity contribution < 1.29 is 9.21 Å². The lowest BCUT2D eigenvalue weighted by atomic mass is 10.0. The number of nitrogens with one attached hydrogen (secondary N) is 1. The lowest BCUT2D eigenvalue weighted by Gasteiger charge is -2.33. The zero-order valence-electron chi connectivity index (χ0n) is 11.8. The van der Waals surface area contributed by atoms with Crippen LogP contribution in [0.3, 0.4) is 0 Å². The van der Waals surface area contributed by atoms with Crippen molar-refractivity contribution in [2.45, 2.75) is 39.3 Å². The van der Waals surface area contributed by atoms with E-state index in [-0.39, 0.29) is 11.8 Å². The number of amides is 1. The first-order chi connectivity index (χ1) is 9.47. The third-order valence-corrected chi connectivity index (χ3v) is 5.27. The molecule has 0 spiro atoms. The van der Waals surface area contributed by atoms with Gasteiger partial charge in [0, 0.05) is 25.0 Å². The van der Waals surface area contributed by atoms with Crippen LogP contribution in [0.5, 0.6) is 0 Å². The molecule has 4 nitrogen and oxygen atoms in total. The number of furan rings is 1. The van der Waals surface area contributed by atoms with Crippen LogP contribution >= 0.6 is 31.9 Å². The molecule has 2 heterocycles. The molecule has 1 amide bonds. The second-order valence-corrected chi connectivity index (χ2v) is 7.04. The quantitative estimate of drug-likeness (QED) is 0.830. The summed E-state index contributed by atoms with van der Waals surface area (Å²) < 4.78 is 7.20. The Hall–Kier alpha value is -0.330. The molecule has 0 bridgehead atoms. The van der Waals surface area contributed by atoms with E-state index in [0.29, 0.717) is 12.6 Å². The number of carbonyl (C=O) groups is 1. The van der Waals surface area contributed by atoms with Gasteiger partial charge in [0.15, 0.2) is 4.67 Å². The molecule has 0 unspecified atom stereocenters. The van der Waals surface area contributed by atoms with Gasteiger partial charge in [-0.05, 0) is 50.8 Å². The average Bonchev–Trinajstić information content (AvgIpc) is 2.75. The van der Waals surface area contributed by atoms with Crippen molar-refractivity contribution >= 4 is 37.8 Å². The molecule has 0 aliphatic carbocycles. The summed E-state index contributed by atoms with van der Waals surface area (Å²) in [6.45, 7) is 6.33. The van der Waals surface area contributed by atoms with Crippen LogP contribution in [-0.2, 0) is 11.3 Å². The number of likely N-dealkylation sites (tertiary alicyclic amines) is 1. The van der Waals surface area contributed by atoms with Crippen molar-refractivity contribution in [1.82, 2.24) is 10.2 Å². The normalized spacial score (nSPS) is 16.9. The Morgan fingerprint density at radius 3 is 2.60 bits per heavy atom.